The lowest BCUT2D eigenvalue weighted by molar-refractivity contribution is -0.392. The minimum atomic E-state index is -2.41. The molecule has 0 radical (unpaired) electrons. The quantitative estimate of drug-likeness (QED) is 0.0404. The molecule has 8 rings (SSSR count). The van der Waals surface area contributed by atoms with Gasteiger partial charge in [-0.05, 0) is 0 Å². The fourth-order valence-electron chi connectivity index (χ4n) is 12.6. The fraction of sp³-hybridized carbons (Fsp3) is 0.944. The van der Waals surface area contributed by atoms with E-state index in [1.165, 1.54) is 0 Å². The van der Waals surface area contributed by atoms with E-state index in [0.29, 0.717) is 0 Å². The summed E-state index contributed by atoms with van der Waals surface area (Å²) >= 11 is 0. The maximum atomic E-state index is 12.7. The molecular formula is C54H91N3O41. The van der Waals surface area contributed by atoms with Gasteiger partial charge in [0.05, 0.1) is 52.9 Å². The van der Waals surface area contributed by atoms with Crippen molar-refractivity contribution in [3.63, 3.8) is 0 Å². The molecule has 8 saturated heterocycles. The number of hydrogen-bond donors (Lipinski definition) is 26. The highest BCUT2D eigenvalue weighted by molar-refractivity contribution is 5.74. The van der Waals surface area contributed by atoms with Crippen molar-refractivity contribution in [2.75, 3.05) is 52.9 Å². The Hall–Kier alpha value is -3.11. The van der Waals surface area contributed by atoms with E-state index in [4.69, 9.17) is 71.1 Å². The summed E-state index contributed by atoms with van der Waals surface area (Å²) in [5, 5.41) is 258. The maximum absolute atomic E-state index is 12.7. The third-order valence-electron chi connectivity index (χ3n) is 17.8. The van der Waals surface area contributed by atoms with E-state index in [9.17, 15) is 132 Å². The van der Waals surface area contributed by atoms with Crippen LogP contribution in [0.25, 0.3) is 0 Å². The molecule has 0 spiro atoms. The summed E-state index contributed by atoms with van der Waals surface area (Å²) in [5.74, 6) is -2.58. The zero-order chi connectivity index (χ0) is 72.2. The van der Waals surface area contributed by atoms with Crippen molar-refractivity contribution in [3.05, 3.63) is 0 Å². The summed E-state index contributed by atoms with van der Waals surface area (Å²) in [6.07, 6.45) is -74.1. The van der Waals surface area contributed by atoms with Crippen molar-refractivity contribution in [2.45, 2.75) is 266 Å². The molecule has 26 N–H and O–H groups in total. The molecule has 568 valence electrons. The zero-order valence-electron chi connectivity index (χ0n) is 52.4. The Morgan fingerprint density at radius 2 is 0.541 bits per heavy atom. The zero-order valence-corrected chi connectivity index (χ0v) is 52.4. The van der Waals surface area contributed by atoms with Gasteiger partial charge < -0.3 is 204 Å². The highest BCUT2D eigenvalue weighted by Gasteiger charge is 2.60. The number of ether oxygens (including phenoxy) is 15. The molecule has 0 bridgehead atoms. The van der Waals surface area contributed by atoms with Gasteiger partial charge in [-0.15, -0.1) is 0 Å². The lowest BCUT2D eigenvalue weighted by atomic mass is 9.94. The highest BCUT2D eigenvalue weighted by Crippen LogP contribution is 2.39. The van der Waals surface area contributed by atoms with Crippen LogP contribution in [-0.2, 0) is 85.4 Å². The van der Waals surface area contributed by atoms with Crippen molar-refractivity contribution >= 4 is 17.7 Å². The SMILES string of the molecule is CC(=O)N[C@H]1[C@H](O[C@@H]2[C@@H](OC[C@H]3O[C@@H](O[C@H]4[C@H](O)[C@@H](NC(C)=O)C(O)O[C@@H]4CO)[C@@H](O)[C@@H](O[C@H]4O[C@H](CO)[C@@H](O[C@@H]5O[C@H](CO)[C@@H](O[C@@H]6O[C@H](CO)[C@H](O)[C@H](O)[C@H]6O)[C@H](O)[C@H]5NC(C)=O)[C@H](O)[C@@H]4O)[C@@H]3O)O[C@H](CO)[C@@H](O)[C@@H]2O)O[C@H](CO)[C@@H](O[C@@H]2O[C@H](CO)[C@H](O)[C@H](O)[C@H]2O)[C@@H]1O. The number of nitrogens with one attached hydrogen (secondary N) is 3. The molecule has 40 atom stereocenters. The third kappa shape index (κ3) is 17.5. The monoisotopic (exact) mass is 1440 g/mol. The molecule has 3 amide bonds. The fourth-order valence-corrected chi connectivity index (χ4v) is 12.6. The Labute approximate surface area is 554 Å². The number of amides is 3. The molecule has 0 aromatic carbocycles. The van der Waals surface area contributed by atoms with Gasteiger partial charge in [0.2, 0.25) is 17.7 Å². The number of hydrogen-bond acceptors (Lipinski definition) is 41. The molecule has 98 heavy (non-hydrogen) atoms. The molecular weight excluding hydrogens is 1350 g/mol. The molecule has 8 heterocycles. The van der Waals surface area contributed by atoms with E-state index in [-0.39, 0.29) is 0 Å². The first-order valence-electron chi connectivity index (χ1n) is 31.1. The van der Waals surface area contributed by atoms with E-state index in [1.807, 2.05) is 0 Å². The lowest BCUT2D eigenvalue weighted by Gasteiger charge is -2.50. The Balaban J connectivity index is 1.05. The standard InChI is InChI=1S/C54H91N3O41/c1-12(65)55-23-30(72)41(18(7-61)85-47(23)83)96-53-40(82)45(97-52-39(81)36(78)44(21(10-64)91-52)93-48-24(56-13(2)66)31(73)42(19(8-62)89-48)94-50-37(79)33(75)26(68)15(4-58)86-50)29(71)22(92-53)11-84-54-46(35(77)28(70)17(6-60)88-54)98-49-25(57-14(3)67)32(74)43(20(9-63)90-49)95-51-38(80)34(76)27(69)16(5-59)87-51/h15-54,58-64,68-83H,4-11H2,1-3H3,(H,55,65)(H,56,66)(H,57,67)/t15-,16-,17-,18-,19-,20-,21-,22-,23-,24-,25-,26+,27+,28-,29-,30-,31-,32-,33+,34+,35+,36-,37-,38-,39+,40+,41-,42-,43-,44-,45+,46+,47?,48+,49+,50+,51+,52-,53+,54+/m1/s1. The van der Waals surface area contributed by atoms with E-state index in [1.54, 1.807) is 0 Å². The van der Waals surface area contributed by atoms with Crippen LogP contribution >= 0.6 is 0 Å². The first kappa shape index (κ1) is 80.6. The predicted molar refractivity (Wildman–Crippen MR) is 299 cm³/mol. The van der Waals surface area contributed by atoms with Gasteiger partial charge in [0.25, 0.3) is 0 Å². The Bertz CT molecular complexity index is 2510. The number of carbonyl (C=O) groups is 3. The van der Waals surface area contributed by atoms with Gasteiger partial charge in [0.15, 0.2) is 50.3 Å². The van der Waals surface area contributed by atoms with Crippen LogP contribution in [0.1, 0.15) is 20.8 Å². The van der Waals surface area contributed by atoms with Gasteiger partial charge in [-0.25, -0.2) is 0 Å². The number of aliphatic hydroxyl groups is 23. The summed E-state index contributed by atoms with van der Waals surface area (Å²) in [5.41, 5.74) is 0. The van der Waals surface area contributed by atoms with Crippen LogP contribution in [0.2, 0.25) is 0 Å². The number of rotatable bonds is 25. The van der Waals surface area contributed by atoms with Gasteiger partial charge in [0.1, 0.15) is 195 Å². The minimum Gasteiger partial charge on any atom is -0.394 e. The second-order valence-electron chi connectivity index (χ2n) is 24.6. The van der Waals surface area contributed by atoms with Crippen LogP contribution in [0.15, 0.2) is 0 Å². The van der Waals surface area contributed by atoms with Crippen LogP contribution in [-0.4, -0.2) is 433 Å². The molecule has 0 aliphatic carbocycles. The summed E-state index contributed by atoms with van der Waals surface area (Å²) < 4.78 is 87.1. The summed E-state index contributed by atoms with van der Waals surface area (Å²) in [7, 11) is 0. The smallest absolute Gasteiger partial charge is 0.217 e. The van der Waals surface area contributed by atoms with Crippen LogP contribution in [0.3, 0.4) is 0 Å². The molecule has 1 unspecified atom stereocenters. The van der Waals surface area contributed by atoms with E-state index >= 15 is 0 Å². The van der Waals surface area contributed by atoms with E-state index in [0.717, 1.165) is 20.8 Å². The van der Waals surface area contributed by atoms with Crippen molar-refractivity contribution in [2.24, 2.45) is 0 Å². The lowest BCUT2D eigenvalue weighted by Crippen LogP contribution is -2.70. The molecule has 0 aromatic heterocycles. The second-order valence-corrected chi connectivity index (χ2v) is 24.6. The second kappa shape index (κ2) is 35.1. The van der Waals surface area contributed by atoms with Gasteiger partial charge in [0, 0.05) is 20.8 Å². The third-order valence-corrected chi connectivity index (χ3v) is 17.8. The Morgan fingerprint density at radius 3 is 0.949 bits per heavy atom. The average Bonchev–Trinajstić information content (AvgIpc) is 0.780. The van der Waals surface area contributed by atoms with Crippen molar-refractivity contribution in [3.8, 4) is 0 Å². The Morgan fingerprint density at radius 1 is 0.265 bits per heavy atom. The van der Waals surface area contributed by atoms with Crippen LogP contribution in [0.5, 0.6) is 0 Å². The predicted octanol–water partition coefficient (Wildman–Crippen LogP) is -18.0. The summed E-state index contributed by atoms with van der Waals surface area (Å²) in [6, 6.07) is -5.33. The molecule has 0 saturated carbocycles. The summed E-state index contributed by atoms with van der Waals surface area (Å²) in [6.45, 7) is -5.32. The van der Waals surface area contributed by atoms with Crippen molar-refractivity contribution < 1.29 is 203 Å². The summed E-state index contributed by atoms with van der Waals surface area (Å²) in [4.78, 5) is 37.5. The molecule has 0 aromatic rings. The van der Waals surface area contributed by atoms with Gasteiger partial charge in [-0.2, -0.15) is 0 Å². The van der Waals surface area contributed by atoms with Crippen LogP contribution in [0.4, 0.5) is 0 Å². The van der Waals surface area contributed by atoms with Gasteiger partial charge >= 0.3 is 0 Å². The molecule has 44 heteroatoms. The van der Waals surface area contributed by atoms with Gasteiger partial charge in [-0.3, -0.25) is 14.4 Å². The molecule has 8 aliphatic heterocycles. The van der Waals surface area contributed by atoms with Crippen molar-refractivity contribution in [1.29, 1.82) is 0 Å². The number of aliphatic hydroxyl groups excluding tert-OH is 23. The highest BCUT2D eigenvalue weighted by atomic mass is 16.8. The first-order valence-corrected chi connectivity index (χ1v) is 31.1. The largest absolute Gasteiger partial charge is 0.394 e. The first-order chi connectivity index (χ1) is 46.4. The maximum Gasteiger partial charge on any atom is 0.217 e. The van der Waals surface area contributed by atoms with Crippen LogP contribution in [0, 0.1) is 0 Å². The van der Waals surface area contributed by atoms with E-state index < -0.39 is 316 Å². The van der Waals surface area contributed by atoms with E-state index in [2.05, 4.69) is 16.0 Å². The molecule has 44 nitrogen and oxygen atoms in total. The molecule has 8 fully saturated rings. The normalized spacial score (nSPS) is 49.5. The number of carbonyl (C=O) groups excluding carboxylic acids is 3. The minimum absolute atomic E-state index is 0.815. The van der Waals surface area contributed by atoms with Crippen molar-refractivity contribution in [1.82, 2.24) is 16.0 Å². The molecule has 8 aliphatic rings. The topological polar surface area (TPSA) is 691 Å². The van der Waals surface area contributed by atoms with Crippen LogP contribution < -0.4 is 16.0 Å². The Kier molecular flexibility index (Phi) is 28.9. The average molecular weight is 1440 g/mol. The van der Waals surface area contributed by atoms with Gasteiger partial charge in [-0.1, -0.05) is 0 Å².